The SMILES string of the molecule is O=C(COC(=O)c1cccc2c1C(=O)c1ccccc1C2=O)NCC1(c2ccccc2)CC1. The third-order valence-electron chi connectivity index (χ3n) is 6.37. The molecule has 0 atom stereocenters. The molecule has 0 saturated heterocycles. The summed E-state index contributed by atoms with van der Waals surface area (Å²) in [5, 5.41) is 2.84. The largest absolute Gasteiger partial charge is 0.452 e. The Hall–Kier alpha value is -4.06. The molecule has 3 aromatic rings. The zero-order valence-electron chi connectivity index (χ0n) is 17.8. The second kappa shape index (κ2) is 8.13. The molecular weight excluding hydrogens is 418 g/mol. The summed E-state index contributed by atoms with van der Waals surface area (Å²) in [4.78, 5) is 51.0. The van der Waals surface area contributed by atoms with Gasteiger partial charge in [-0.05, 0) is 24.5 Å². The molecule has 2 aliphatic carbocycles. The van der Waals surface area contributed by atoms with E-state index in [2.05, 4.69) is 5.32 Å². The number of ketones is 2. The Kier molecular flexibility index (Phi) is 5.13. The van der Waals surface area contributed by atoms with Crippen LogP contribution in [0.15, 0.2) is 72.8 Å². The van der Waals surface area contributed by atoms with E-state index in [0.29, 0.717) is 12.1 Å². The molecule has 6 nitrogen and oxygen atoms in total. The van der Waals surface area contributed by atoms with E-state index in [1.54, 1.807) is 24.3 Å². The molecule has 1 amide bonds. The molecule has 3 aromatic carbocycles. The molecule has 0 radical (unpaired) electrons. The predicted molar refractivity (Wildman–Crippen MR) is 120 cm³/mol. The predicted octanol–water partition coefficient (Wildman–Crippen LogP) is 3.47. The number of benzene rings is 3. The van der Waals surface area contributed by atoms with Gasteiger partial charge in [0.25, 0.3) is 5.91 Å². The highest BCUT2D eigenvalue weighted by Gasteiger charge is 2.44. The van der Waals surface area contributed by atoms with Crippen molar-refractivity contribution in [3.8, 4) is 0 Å². The van der Waals surface area contributed by atoms with Gasteiger partial charge in [0.2, 0.25) is 0 Å². The minimum atomic E-state index is -0.813. The zero-order chi connectivity index (χ0) is 23.0. The number of nitrogens with one attached hydrogen (secondary N) is 1. The maximum atomic E-state index is 13.0. The van der Waals surface area contributed by atoms with Crippen molar-refractivity contribution in [2.75, 3.05) is 13.2 Å². The van der Waals surface area contributed by atoms with Crippen LogP contribution in [0.25, 0.3) is 0 Å². The van der Waals surface area contributed by atoms with Crippen molar-refractivity contribution in [1.29, 1.82) is 0 Å². The van der Waals surface area contributed by atoms with Crippen LogP contribution in [0, 0.1) is 0 Å². The Morgan fingerprint density at radius 3 is 2.12 bits per heavy atom. The third kappa shape index (κ3) is 3.74. The molecule has 0 aliphatic heterocycles. The monoisotopic (exact) mass is 439 g/mol. The van der Waals surface area contributed by atoms with E-state index < -0.39 is 24.3 Å². The average molecular weight is 439 g/mol. The van der Waals surface area contributed by atoms with Crippen LogP contribution in [0.3, 0.4) is 0 Å². The fourth-order valence-electron chi connectivity index (χ4n) is 4.35. The van der Waals surface area contributed by atoms with Gasteiger partial charge in [-0.25, -0.2) is 4.79 Å². The highest BCUT2D eigenvalue weighted by molar-refractivity contribution is 6.30. The molecule has 1 N–H and O–H groups in total. The number of amides is 1. The molecule has 1 fully saturated rings. The Balaban J connectivity index is 1.26. The number of rotatable bonds is 6. The van der Waals surface area contributed by atoms with Crippen LogP contribution in [0.4, 0.5) is 0 Å². The molecule has 5 rings (SSSR count). The maximum absolute atomic E-state index is 13.0. The first-order chi connectivity index (χ1) is 16.0. The zero-order valence-corrected chi connectivity index (χ0v) is 17.8. The van der Waals surface area contributed by atoms with Gasteiger partial charge >= 0.3 is 5.97 Å². The molecule has 0 aromatic heterocycles. The van der Waals surface area contributed by atoms with Crippen LogP contribution < -0.4 is 5.32 Å². The summed E-state index contributed by atoms with van der Waals surface area (Å²) in [7, 11) is 0. The highest BCUT2D eigenvalue weighted by atomic mass is 16.5. The van der Waals surface area contributed by atoms with Crippen LogP contribution in [-0.4, -0.2) is 36.6 Å². The smallest absolute Gasteiger partial charge is 0.339 e. The fraction of sp³-hybridized carbons (Fsp3) is 0.185. The highest BCUT2D eigenvalue weighted by Crippen LogP contribution is 2.47. The molecule has 6 heteroatoms. The Labute approximate surface area is 190 Å². The van der Waals surface area contributed by atoms with E-state index in [1.807, 2.05) is 30.3 Å². The number of carbonyl (C=O) groups is 4. The summed E-state index contributed by atoms with van der Waals surface area (Å²) in [5.74, 6) is -1.95. The summed E-state index contributed by atoms with van der Waals surface area (Å²) in [6.45, 7) is 0.00397. The summed E-state index contributed by atoms with van der Waals surface area (Å²) >= 11 is 0. The van der Waals surface area contributed by atoms with Gasteiger partial charge in [-0.3, -0.25) is 14.4 Å². The topological polar surface area (TPSA) is 89.5 Å². The van der Waals surface area contributed by atoms with Crippen molar-refractivity contribution in [3.05, 3.63) is 106 Å². The summed E-state index contributed by atoms with van der Waals surface area (Å²) < 4.78 is 5.20. The van der Waals surface area contributed by atoms with E-state index in [0.717, 1.165) is 12.8 Å². The minimum absolute atomic E-state index is 0.0175. The molecule has 0 spiro atoms. The van der Waals surface area contributed by atoms with Gasteiger partial charge in [0, 0.05) is 34.2 Å². The molecule has 0 heterocycles. The lowest BCUT2D eigenvalue weighted by Gasteiger charge is -2.19. The first-order valence-electron chi connectivity index (χ1n) is 10.8. The first-order valence-corrected chi connectivity index (χ1v) is 10.8. The second-order valence-electron chi connectivity index (χ2n) is 8.43. The van der Waals surface area contributed by atoms with Crippen LogP contribution in [-0.2, 0) is 14.9 Å². The van der Waals surface area contributed by atoms with Crippen molar-refractivity contribution in [2.45, 2.75) is 18.3 Å². The maximum Gasteiger partial charge on any atom is 0.339 e. The standard InChI is InChI=1S/C27H21NO5/c29-22(28-16-27(13-14-27)17-7-2-1-3-8-17)15-33-26(32)21-12-6-11-20-23(21)25(31)19-10-5-4-9-18(19)24(20)30/h1-12H,13-16H2,(H,28,29). The average Bonchev–Trinajstić information content (AvgIpc) is 3.66. The lowest BCUT2D eigenvalue weighted by Crippen LogP contribution is -2.35. The van der Waals surface area contributed by atoms with E-state index in [1.165, 1.54) is 23.8 Å². The summed E-state index contributed by atoms with van der Waals surface area (Å²) in [6.07, 6.45) is 1.98. The quantitative estimate of drug-likeness (QED) is 0.465. The van der Waals surface area contributed by atoms with Gasteiger partial charge in [0.1, 0.15) is 0 Å². The third-order valence-corrected chi connectivity index (χ3v) is 6.37. The van der Waals surface area contributed by atoms with Crippen LogP contribution in [0.1, 0.15) is 60.6 Å². The molecule has 164 valence electrons. The van der Waals surface area contributed by atoms with Crippen molar-refractivity contribution < 1.29 is 23.9 Å². The first kappa shape index (κ1) is 20.8. The minimum Gasteiger partial charge on any atom is -0.452 e. The van der Waals surface area contributed by atoms with Gasteiger partial charge in [-0.15, -0.1) is 0 Å². The van der Waals surface area contributed by atoms with Gasteiger partial charge < -0.3 is 10.1 Å². The second-order valence-corrected chi connectivity index (χ2v) is 8.43. The fourth-order valence-corrected chi connectivity index (χ4v) is 4.35. The van der Waals surface area contributed by atoms with Crippen LogP contribution in [0.2, 0.25) is 0 Å². The van der Waals surface area contributed by atoms with Gasteiger partial charge in [-0.1, -0.05) is 66.7 Å². The van der Waals surface area contributed by atoms with E-state index in [-0.39, 0.29) is 33.5 Å². The molecule has 2 aliphatic rings. The normalized spacial score (nSPS) is 15.3. The van der Waals surface area contributed by atoms with Gasteiger partial charge in [0.05, 0.1) is 5.56 Å². The van der Waals surface area contributed by atoms with Crippen LogP contribution in [0.5, 0.6) is 0 Å². The number of esters is 1. The number of hydrogen-bond donors (Lipinski definition) is 1. The van der Waals surface area contributed by atoms with Gasteiger partial charge in [-0.2, -0.15) is 0 Å². The lowest BCUT2D eigenvalue weighted by molar-refractivity contribution is -0.124. The number of hydrogen-bond acceptors (Lipinski definition) is 5. The number of ether oxygens (including phenoxy) is 1. The van der Waals surface area contributed by atoms with E-state index >= 15 is 0 Å². The van der Waals surface area contributed by atoms with Crippen molar-refractivity contribution in [2.24, 2.45) is 0 Å². The van der Waals surface area contributed by atoms with E-state index in [9.17, 15) is 19.2 Å². The number of fused-ring (bicyclic) bond motifs is 2. The van der Waals surface area contributed by atoms with Crippen LogP contribution >= 0.6 is 0 Å². The Morgan fingerprint density at radius 1 is 0.788 bits per heavy atom. The Bertz CT molecular complexity index is 1290. The van der Waals surface area contributed by atoms with E-state index in [4.69, 9.17) is 4.74 Å². The summed E-state index contributed by atoms with van der Waals surface area (Å²) in [6, 6.07) is 21.0. The number of carbonyl (C=O) groups excluding carboxylic acids is 4. The Morgan fingerprint density at radius 2 is 1.42 bits per heavy atom. The molecule has 0 unspecified atom stereocenters. The summed E-state index contributed by atoms with van der Waals surface area (Å²) in [5.41, 5.74) is 1.86. The molecule has 33 heavy (non-hydrogen) atoms. The van der Waals surface area contributed by atoms with Crippen molar-refractivity contribution >= 4 is 23.4 Å². The van der Waals surface area contributed by atoms with Gasteiger partial charge in [0.15, 0.2) is 18.2 Å². The van der Waals surface area contributed by atoms with Crippen molar-refractivity contribution in [3.63, 3.8) is 0 Å². The van der Waals surface area contributed by atoms with Crippen molar-refractivity contribution in [1.82, 2.24) is 5.32 Å². The molecular formula is C27H21NO5. The molecule has 0 bridgehead atoms. The lowest BCUT2D eigenvalue weighted by atomic mass is 9.82. The molecule has 1 saturated carbocycles.